The van der Waals surface area contributed by atoms with Gasteiger partial charge in [-0.1, -0.05) is 32.8 Å². The summed E-state index contributed by atoms with van der Waals surface area (Å²) >= 11 is 0. The summed E-state index contributed by atoms with van der Waals surface area (Å²) in [6.45, 7) is 12.4. The quantitative estimate of drug-likeness (QED) is 0.374. The van der Waals surface area contributed by atoms with Gasteiger partial charge in [0.25, 0.3) is 0 Å². The Balaban J connectivity index is 0.000000709. The summed E-state index contributed by atoms with van der Waals surface area (Å²) in [6.07, 6.45) is 5.78. The Labute approximate surface area is 216 Å². The van der Waals surface area contributed by atoms with Gasteiger partial charge in [0.05, 0.1) is 36.8 Å². The van der Waals surface area contributed by atoms with Gasteiger partial charge in [0, 0.05) is 39.8 Å². The second kappa shape index (κ2) is 11.8. The van der Waals surface area contributed by atoms with Crippen LogP contribution in [0, 0.1) is 11.7 Å². The molecule has 1 aromatic heterocycles. The highest BCUT2D eigenvalue weighted by Gasteiger charge is 2.34. The van der Waals surface area contributed by atoms with Crippen LogP contribution in [0.15, 0.2) is 30.7 Å². The predicted molar refractivity (Wildman–Crippen MR) is 142 cm³/mol. The molecule has 3 N–H and O–H groups in total. The Morgan fingerprint density at radius 3 is 2.78 bits per heavy atom. The van der Waals surface area contributed by atoms with Crippen molar-refractivity contribution in [3.05, 3.63) is 53.3 Å². The zero-order valence-corrected chi connectivity index (χ0v) is 22.4. The lowest BCUT2D eigenvalue weighted by molar-refractivity contribution is -0.0677. The number of aromatic amines is 1. The van der Waals surface area contributed by atoms with Crippen LogP contribution >= 0.6 is 0 Å². The van der Waals surface area contributed by atoms with Crippen molar-refractivity contribution in [3.63, 3.8) is 0 Å². The number of fused-ring (bicyclic) bond motifs is 1. The molecule has 2 fully saturated rings. The molecule has 9 heteroatoms. The molecule has 0 bridgehead atoms. The van der Waals surface area contributed by atoms with Crippen LogP contribution in [-0.4, -0.2) is 39.8 Å². The number of aromatic nitrogens is 2. The molecule has 2 aromatic rings. The Kier molecular flexibility index (Phi) is 8.72. The van der Waals surface area contributed by atoms with E-state index in [0.717, 1.165) is 30.5 Å². The SMILES string of the molecule is C=C(NC1(C)COC1)OCC1CCC(c2cc(Nc3ccc4c(c3F)CS(=O)C4)n[nH]2)C1.CCCC. The molecule has 5 rings (SSSR count). The number of halogens is 1. The third-order valence-corrected chi connectivity index (χ3v) is 8.32. The van der Waals surface area contributed by atoms with Crippen molar-refractivity contribution in [2.24, 2.45) is 5.92 Å². The van der Waals surface area contributed by atoms with Crippen molar-refractivity contribution in [1.29, 1.82) is 0 Å². The molecule has 1 aromatic carbocycles. The molecule has 1 aliphatic carbocycles. The molecule has 1 saturated heterocycles. The second-order valence-corrected chi connectivity index (χ2v) is 11.9. The molecule has 198 valence electrons. The first-order chi connectivity index (χ1) is 17.3. The summed E-state index contributed by atoms with van der Waals surface area (Å²) in [6, 6.07) is 5.50. The molecule has 0 spiro atoms. The highest BCUT2D eigenvalue weighted by Crippen LogP contribution is 2.39. The average Bonchev–Trinajstić information content (AvgIpc) is 3.58. The first-order valence-corrected chi connectivity index (χ1v) is 14.4. The number of ether oxygens (including phenoxy) is 2. The maximum atomic E-state index is 14.8. The van der Waals surface area contributed by atoms with Crippen LogP contribution in [0.3, 0.4) is 0 Å². The van der Waals surface area contributed by atoms with E-state index >= 15 is 0 Å². The number of nitrogens with zero attached hydrogens (tertiary/aromatic N) is 1. The zero-order valence-electron chi connectivity index (χ0n) is 21.6. The van der Waals surface area contributed by atoms with Crippen LogP contribution < -0.4 is 10.6 Å². The van der Waals surface area contributed by atoms with Gasteiger partial charge < -0.3 is 20.1 Å². The topological polar surface area (TPSA) is 88.3 Å². The maximum absolute atomic E-state index is 14.8. The lowest BCUT2D eigenvalue weighted by Crippen LogP contribution is -2.57. The Hall–Kier alpha value is -2.39. The molecule has 7 nitrogen and oxygen atoms in total. The monoisotopic (exact) mass is 518 g/mol. The van der Waals surface area contributed by atoms with Crippen LogP contribution in [0.25, 0.3) is 0 Å². The number of hydrogen-bond acceptors (Lipinski definition) is 6. The Bertz CT molecular complexity index is 1080. The highest BCUT2D eigenvalue weighted by atomic mass is 32.2. The van der Waals surface area contributed by atoms with Crippen LogP contribution in [-0.2, 0) is 31.8 Å². The van der Waals surface area contributed by atoms with E-state index in [-0.39, 0.29) is 17.1 Å². The van der Waals surface area contributed by atoms with E-state index in [2.05, 4.69) is 48.2 Å². The van der Waals surface area contributed by atoms with E-state index in [9.17, 15) is 8.60 Å². The number of unbranched alkanes of at least 4 members (excludes halogenated alkanes) is 1. The molecule has 3 heterocycles. The fourth-order valence-corrected chi connectivity index (χ4v) is 6.12. The van der Waals surface area contributed by atoms with Gasteiger partial charge in [0.15, 0.2) is 17.5 Å². The lowest BCUT2D eigenvalue weighted by Gasteiger charge is -2.39. The molecule has 3 atom stereocenters. The number of H-pyrrole nitrogens is 1. The van der Waals surface area contributed by atoms with Gasteiger partial charge in [-0.2, -0.15) is 5.10 Å². The molecule has 2 aliphatic heterocycles. The van der Waals surface area contributed by atoms with E-state index in [1.54, 1.807) is 6.07 Å². The van der Waals surface area contributed by atoms with Gasteiger partial charge >= 0.3 is 0 Å². The van der Waals surface area contributed by atoms with Gasteiger partial charge in [-0.05, 0) is 50.3 Å². The average molecular weight is 519 g/mol. The number of nitrogens with one attached hydrogen (secondary N) is 3. The largest absolute Gasteiger partial charge is 0.479 e. The molecule has 3 unspecified atom stereocenters. The first kappa shape index (κ1) is 26.7. The fraction of sp³-hybridized carbons (Fsp3) is 0.593. The summed E-state index contributed by atoms with van der Waals surface area (Å²) in [5, 5.41) is 13.8. The minimum atomic E-state index is -1.01. The number of rotatable bonds is 9. The van der Waals surface area contributed by atoms with Crippen molar-refractivity contribution in [2.45, 2.75) is 75.8 Å². The van der Waals surface area contributed by atoms with Gasteiger partial charge in [-0.25, -0.2) is 4.39 Å². The van der Waals surface area contributed by atoms with Crippen molar-refractivity contribution >= 4 is 22.3 Å². The van der Waals surface area contributed by atoms with Gasteiger partial charge in [-0.3, -0.25) is 9.31 Å². The van der Waals surface area contributed by atoms with Crippen LogP contribution in [0.4, 0.5) is 15.9 Å². The molecule has 0 radical (unpaired) electrons. The first-order valence-electron chi connectivity index (χ1n) is 13.0. The smallest absolute Gasteiger partial charge is 0.179 e. The van der Waals surface area contributed by atoms with Gasteiger partial charge in [0.2, 0.25) is 0 Å². The van der Waals surface area contributed by atoms with Crippen LogP contribution in [0.1, 0.15) is 75.6 Å². The summed E-state index contributed by atoms with van der Waals surface area (Å²) in [4.78, 5) is 0. The molecule has 0 amide bonds. The minimum absolute atomic E-state index is 0.0655. The molecule has 3 aliphatic rings. The van der Waals surface area contributed by atoms with E-state index in [4.69, 9.17) is 9.47 Å². The zero-order chi connectivity index (χ0) is 25.7. The fourth-order valence-electron chi connectivity index (χ4n) is 4.76. The van der Waals surface area contributed by atoms with E-state index in [1.807, 2.05) is 12.1 Å². The van der Waals surface area contributed by atoms with Crippen molar-refractivity contribution in [1.82, 2.24) is 15.5 Å². The number of anilines is 2. The molecule has 36 heavy (non-hydrogen) atoms. The molecular weight excluding hydrogens is 479 g/mol. The van der Waals surface area contributed by atoms with Crippen molar-refractivity contribution in [3.8, 4) is 0 Å². The predicted octanol–water partition coefficient (Wildman–Crippen LogP) is 5.61. The van der Waals surface area contributed by atoms with Crippen molar-refractivity contribution in [2.75, 3.05) is 25.1 Å². The molecule has 1 saturated carbocycles. The molecular formula is C27H39FN4O3S. The normalized spacial score (nSPS) is 23.7. The van der Waals surface area contributed by atoms with E-state index in [1.165, 1.54) is 12.8 Å². The van der Waals surface area contributed by atoms with Gasteiger partial charge in [0.1, 0.15) is 0 Å². The summed E-state index contributed by atoms with van der Waals surface area (Å²) < 4.78 is 37.7. The number of hydrogen-bond donors (Lipinski definition) is 3. The third-order valence-electron chi connectivity index (χ3n) is 7.08. The Morgan fingerprint density at radius 2 is 2.08 bits per heavy atom. The highest BCUT2D eigenvalue weighted by molar-refractivity contribution is 7.83. The van der Waals surface area contributed by atoms with Crippen LogP contribution in [0.2, 0.25) is 0 Å². The van der Waals surface area contributed by atoms with E-state index < -0.39 is 10.8 Å². The van der Waals surface area contributed by atoms with Gasteiger partial charge in [-0.15, -0.1) is 0 Å². The summed E-state index contributed by atoms with van der Waals surface area (Å²) in [5.74, 6) is 2.41. The minimum Gasteiger partial charge on any atom is -0.479 e. The Morgan fingerprint density at radius 1 is 1.31 bits per heavy atom. The van der Waals surface area contributed by atoms with Crippen LogP contribution in [0.5, 0.6) is 0 Å². The lowest BCUT2D eigenvalue weighted by atomic mass is 10.0. The van der Waals surface area contributed by atoms with Crippen molar-refractivity contribution < 1.29 is 18.1 Å². The standard InChI is InChI=1S/C23H29FN4O3S.C4H10/c1-14(26-23(2)12-30-13-23)31-9-15-3-4-16(7-15)20-8-21(28-27-20)25-19-6-5-17-10-32(29)11-18(17)22(19)24;1-3-4-2/h5-6,8,15-16,26H,1,3-4,7,9-13H2,2H3,(H2,25,27,28);3-4H2,1-2H3. The maximum Gasteiger partial charge on any atom is 0.179 e. The van der Waals surface area contributed by atoms with E-state index in [0.29, 0.717) is 60.4 Å². The summed E-state index contributed by atoms with van der Waals surface area (Å²) in [7, 11) is -1.01. The second-order valence-electron chi connectivity index (χ2n) is 10.4. The number of benzene rings is 1. The summed E-state index contributed by atoms with van der Waals surface area (Å²) in [5.41, 5.74) is 2.74. The third kappa shape index (κ3) is 6.48.